The standard InChI is InChI=1S/C17H23NO4/c1-4-14(13-8-6-5-7-9-13)22-15-10-11-17(15,16(20)21-3)18-12(2)19/h5-9,14-15H,4,10-11H2,1-3H3,(H,18,19)/t14-,15-,17-/m1/s1. The fourth-order valence-electron chi connectivity index (χ4n) is 2.94. The van der Waals surface area contributed by atoms with Crippen molar-refractivity contribution in [2.75, 3.05) is 7.11 Å². The van der Waals surface area contributed by atoms with Gasteiger partial charge in [0.2, 0.25) is 5.91 Å². The van der Waals surface area contributed by atoms with Gasteiger partial charge in [0.05, 0.1) is 19.3 Å². The molecule has 0 aliphatic heterocycles. The van der Waals surface area contributed by atoms with Crippen LogP contribution in [0.15, 0.2) is 30.3 Å². The summed E-state index contributed by atoms with van der Waals surface area (Å²) in [4.78, 5) is 23.6. The van der Waals surface area contributed by atoms with Gasteiger partial charge in [-0.05, 0) is 24.8 Å². The molecule has 0 radical (unpaired) electrons. The largest absolute Gasteiger partial charge is 0.467 e. The highest BCUT2D eigenvalue weighted by Crippen LogP contribution is 2.39. The third kappa shape index (κ3) is 3.14. The maximum Gasteiger partial charge on any atom is 0.334 e. The molecule has 2 rings (SSSR count). The van der Waals surface area contributed by atoms with E-state index in [1.54, 1.807) is 0 Å². The summed E-state index contributed by atoms with van der Waals surface area (Å²) in [5.41, 5.74) is 0.0153. The number of amides is 1. The minimum absolute atomic E-state index is 0.107. The normalized spacial score (nSPS) is 25.0. The van der Waals surface area contributed by atoms with Gasteiger partial charge < -0.3 is 14.8 Å². The van der Waals surface area contributed by atoms with Crippen LogP contribution in [0.2, 0.25) is 0 Å². The van der Waals surface area contributed by atoms with Crippen molar-refractivity contribution in [3.8, 4) is 0 Å². The van der Waals surface area contributed by atoms with Crippen molar-refractivity contribution in [3.63, 3.8) is 0 Å². The number of hydrogen-bond acceptors (Lipinski definition) is 4. The molecule has 1 aliphatic carbocycles. The summed E-state index contributed by atoms with van der Waals surface area (Å²) in [6.45, 7) is 3.43. The van der Waals surface area contributed by atoms with Crippen molar-refractivity contribution >= 4 is 11.9 Å². The molecule has 1 aromatic carbocycles. The first-order valence-electron chi connectivity index (χ1n) is 7.61. The molecule has 1 fully saturated rings. The number of carbonyl (C=O) groups excluding carboxylic acids is 2. The number of methoxy groups -OCH3 is 1. The van der Waals surface area contributed by atoms with Crippen molar-refractivity contribution in [2.45, 2.75) is 50.9 Å². The van der Waals surface area contributed by atoms with Crippen LogP contribution in [0.5, 0.6) is 0 Å². The van der Waals surface area contributed by atoms with E-state index in [0.717, 1.165) is 18.4 Å². The molecular formula is C17H23NO4. The van der Waals surface area contributed by atoms with Gasteiger partial charge in [-0.3, -0.25) is 4.79 Å². The SMILES string of the molecule is CC[C@@H](O[C@@H]1CC[C@]1(NC(C)=O)C(=O)OC)c1ccccc1. The Morgan fingerprint density at radius 3 is 2.50 bits per heavy atom. The van der Waals surface area contributed by atoms with Gasteiger partial charge in [0.15, 0.2) is 5.54 Å². The number of carbonyl (C=O) groups is 2. The molecule has 0 unspecified atom stereocenters. The molecule has 0 heterocycles. The van der Waals surface area contributed by atoms with E-state index in [1.807, 2.05) is 37.3 Å². The molecule has 1 aliphatic rings. The van der Waals surface area contributed by atoms with Crippen molar-refractivity contribution in [3.05, 3.63) is 35.9 Å². The van der Waals surface area contributed by atoms with Crippen LogP contribution in [0.25, 0.3) is 0 Å². The topological polar surface area (TPSA) is 64.6 Å². The Morgan fingerprint density at radius 2 is 2.05 bits per heavy atom. The second-order valence-electron chi connectivity index (χ2n) is 5.62. The van der Waals surface area contributed by atoms with Gasteiger partial charge in [0, 0.05) is 6.92 Å². The first-order valence-corrected chi connectivity index (χ1v) is 7.61. The summed E-state index contributed by atoms with van der Waals surface area (Å²) < 4.78 is 11.0. The predicted octanol–water partition coefficient (Wildman–Crippen LogP) is 2.36. The lowest BCUT2D eigenvalue weighted by molar-refractivity contribution is -0.177. The molecule has 0 aromatic heterocycles. The van der Waals surface area contributed by atoms with Crippen LogP contribution in [0.4, 0.5) is 0 Å². The Labute approximate surface area is 131 Å². The molecule has 1 amide bonds. The van der Waals surface area contributed by atoms with E-state index in [1.165, 1.54) is 14.0 Å². The van der Waals surface area contributed by atoms with Crippen LogP contribution >= 0.6 is 0 Å². The number of ether oxygens (including phenoxy) is 2. The van der Waals surface area contributed by atoms with Crippen LogP contribution in [0.1, 0.15) is 44.8 Å². The van der Waals surface area contributed by atoms with Gasteiger partial charge in [-0.15, -0.1) is 0 Å². The van der Waals surface area contributed by atoms with Crippen molar-refractivity contribution in [1.82, 2.24) is 5.32 Å². The predicted molar refractivity (Wildman–Crippen MR) is 82.1 cm³/mol. The average molecular weight is 305 g/mol. The smallest absolute Gasteiger partial charge is 0.334 e. The molecule has 0 saturated heterocycles. The van der Waals surface area contributed by atoms with Crippen LogP contribution in [0, 0.1) is 0 Å². The molecule has 3 atom stereocenters. The monoisotopic (exact) mass is 305 g/mol. The van der Waals surface area contributed by atoms with E-state index < -0.39 is 11.5 Å². The van der Waals surface area contributed by atoms with Gasteiger partial charge in [-0.1, -0.05) is 37.3 Å². The summed E-state index contributed by atoms with van der Waals surface area (Å²) in [6.07, 6.45) is 1.57. The van der Waals surface area contributed by atoms with Crippen LogP contribution in [-0.2, 0) is 19.1 Å². The second kappa shape index (κ2) is 6.92. The van der Waals surface area contributed by atoms with E-state index in [9.17, 15) is 9.59 Å². The van der Waals surface area contributed by atoms with E-state index >= 15 is 0 Å². The first-order chi connectivity index (χ1) is 10.5. The lowest BCUT2D eigenvalue weighted by Crippen LogP contribution is -2.68. The molecule has 0 spiro atoms. The number of rotatable bonds is 6. The third-order valence-corrected chi connectivity index (χ3v) is 4.17. The van der Waals surface area contributed by atoms with E-state index in [-0.39, 0.29) is 18.1 Å². The number of benzene rings is 1. The highest BCUT2D eigenvalue weighted by molar-refractivity contribution is 5.89. The fourth-order valence-corrected chi connectivity index (χ4v) is 2.94. The molecule has 5 nitrogen and oxygen atoms in total. The minimum Gasteiger partial charge on any atom is -0.467 e. The van der Waals surface area contributed by atoms with Crippen LogP contribution < -0.4 is 5.32 Å². The molecule has 1 saturated carbocycles. The number of nitrogens with one attached hydrogen (secondary N) is 1. The third-order valence-electron chi connectivity index (χ3n) is 4.17. The summed E-state index contributed by atoms with van der Waals surface area (Å²) in [6, 6.07) is 9.89. The van der Waals surface area contributed by atoms with E-state index in [2.05, 4.69) is 5.32 Å². The maximum absolute atomic E-state index is 12.2. The Hall–Kier alpha value is -1.88. The zero-order chi connectivity index (χ0) is 16.2. The zero-order valence-electron chi connectivity index (χ0n) is 13.3. The quantitative estimate of drug-likeness (QED) is 0.820. The fraction of sp³-hybridized carbons (Fsp3) is 0.529. The Bertz CT molecular complexity index is 531. The minimum atomic E-state index is -1.05. The summed E-state index contributed by atoms with van der Waals surface area (Å²) in [5, 5.41) is 2.74. The number of hydrogen-bond donors (Lipinski definition) is 1. The molecular weight excluding hydrogens is 282 g/mol. The summed E-state index contributed by atoms with van der Waals surface area (Å²) >= 11 is 0. The zero-order valence-corrected chi connectivity index (χ0v) is 13.3. The van der Waals surface area contributed by atoms with Crippen molar-refractivity contribution in [1.29, 1.82) is 0 Å². The highest BCUT2D eigenvalue weighted by atomic mass is 16.5. The molecule has 5 heteroatoms. The van der Waals surface area contributed by atoms with Crippen molar-refractivity contribution in [2.24, 2.45) is 0 Å². The van der Waals surface area contributed by atoms with Gasteiger partial charge in [0.1, 0.15) is 0 Å². The Morgan fingerprint density at radius 1 is 1.36 bits per heavy atom. The molecule has 120 valence electrons. The molecule has 22 heavy (non-hydrogen) atoms. The Kier molecular flexibility index (Phi) is 5.19. The van der Waals surface area contributed by atoms with Gasteiger partial charge >= 0.3 is 5.97 Å². The van der Waals surface area contributed by atoms with Gasteiger partial charge in [-0.2, -0.15) is 0 Å². The summed E-state index contributed by atoms with van der Waals surface area (Å²) in [7, 11) is 1.33. The van der Waals surface area contributed by atoms with Crippen molar-refractivity contribution < 1.29 is 19.1 Å². The molecule has 0 bridgehead atoms. The molecule has 1 aromatic rings. The highest BCUT2D eigenvalue weighted by Gasteiger charge is 2.56. The van der Waals surface area contributed by atoms with Crippen LogP contribution in [-0.4, -0.2) is 30.6 Å². The lowest BCUT2D eigenvalue weighted by atomic mass is 9.73. The lowest BCUT2D eigenvalue weighted by Gasteiger charge is -2.47. The van der Waals surface area contributed by atoms with Gasteiger partial charge in [-0.25, -0.2) is 4.79 Å². The van der Waals surface area contributed by atoms with Gasteiger partial charge in [0.25, 0.3) is 0 Å². The first kappa shape index (κ1) is 16.5. The van der Waals surface area contributed by atoms with E-state index in [4.69, 9.17) is 9.47 Å². The summed E-state index contributed by atoms with van der Waals surface area (Å²) in [5.74, 6) is -0.701. The Balaban J connectivity index is 2.16. The average Bonchev–Trinajstić information content (AvgIpc) is 2.52. The second-order valence-corrected chi connectivity index (χ2v) is 5.62. The maximum atomic E-state index is 12.2. The van der Waals surface area contributed by atoms with E-state index in [0.29, 0.717) is 6.42 Å². The molecule has 1 N–H and O–H groups in total. The number of esters is 1. The van der Waals surface area contributed by atoms with Crippen LogP contribution in [0.3, 0.4) is 0 Å².